The maximum atomic E-state index is 12.1. The molecule has 20 heavy (non-hydrogen) atoms. The SMILES string of the molecule is CCOC(=O)CC1(N(CC)CC)CC(C)N(C2CC2)C1. The standard InChI is InChI=1S/C16H30N2O2/c1-5-17(6-2)16(11-15(19)20-7-3)10-13(4)18(12-16)14-8-9-14/h13-14H,5-12H2,1-4H3. The molecule has 0 aromatic carbocycles. The van der Waals surface area contributed by atoms with E-state index >= 15 is 0 Å². The number of nitrogens with zero attached hydrogens (tertiary/aromatic N) is 2. The normalized spacial score (nSPS) is 30.9. The molecule has 4 heteroatoms. The number of carbonyl (C=O) groups excluding carboxylic acids is 1. The molecule has 0 N–H and O–H groups in total. The Morgan fingerprint density at radius 1 is 1.30 bits per heavy atom. The summed E-state index contributed by atoms with van der Waals surface area (Å²) >= 11 is 0. The highest BCUT2D eigenvalue weighted by Crippen LogP contribution is 2.41. The molecule has 0 amide bonds. The summed E-state index contributed by atoms with van der Waals surface area (Å²) in [4.78, 5) is 17.2. The third-order valence-electron chi connectivity index (χ3n) is 4.95. The summed E-state index contributed by atoms with van der Waals surface area (Å²) < 4.78 is 5.23. The van der Waals surface area contributed by atoms with Crippen LogP contribution in [0.1, 0.15) is 53.4 Å². The Hall–Kier alpha value is -0.610. The van der Waals surface area contributed by atoms with Gasteiger partial charge in [0, 0.05) is 24.2 Å². The zero-order chi connectivity index (χ0) is 14.8. The van der Waals surface area contributed by atoms with Gasteiger partial charge in [-0.2, -0.15) is 0 Å². The largest absolute Gasteiger partial charge is 0.466 e. The summed E-state index contributed by atoms with van der Waals surface area (Å²) in [7, 11) is 0. The van der Waals surface area contributed by atoms with Crippen LogP contribution >= 0.6 is 0 Å². The van der Waals surface area contributed by atoms with Crippen LogP contribution < -0.4 is 0 Å². The Bertz CT molecular complexity index is 339. The van der Waals surface area contributed by atoms with Crippen molar-refractivity contribution in [3.05, 3.63) is 0 Å². The molecule has 116 valence electrons. The molecule has 2 unspecified atom stereocenters. The van der Waals surface area contributed by atoms with Gasteiger partial charge in [0.25, 0.3) is 0 Å². The van der Waals surface area contributed by atoms with E-state index < -0.39 is 0 Å². The van der Waals surface area contributed by atoms with Gasteiger partial charge >= 0.3 is 5.97 Å². The van der Waals surface area contributed by atoms with E-state index in [1.807, 2.05) is 6.92 Å². The molecule has 1 heterocycles. The predicted molar refractivity (Wildman–Crippen MR) is 80.7 cm³/mol. The van der Waals surface area contributed by atoms with Gasteiger partial charge in [-0.15, -0.1) is 0 Å². The zero-order valence-electron chi connectivity index (χ0n) is 13.5. The maximum absolute atomic E-state index is 12.1. The van der Waals surface area contributed by atoms with Crippen LogP contribution in [0.3, 0.4) is 0 Å². The van der Waals surface area contributed by atoms with Crippen molar-refractivity contribution in [1.29, 1.82) is 0 Å². The number of likely N-dealkylation sites (tertiary alicyclic amines) is 1. The van der Waals surface area contributed by atoms with Gasteiger partial charge in [-0.1, -0.05) is 13.8 Å². The lowest BCUT2D eigenvalue weighted by molar-refractivity contribution is -0.146. The highest BCUT2D eigenvalue weighted by Gasteiger charge is 2.50. The number of hydrogen-bond donors (Lipinski definition) is 0. The van der Waals surface area contributed by atoms with E-state index in [-0.39, 0.29) is 11.5 Å². The molecule has 1 saturated heterocycles. The van der Waals surface area contributed by atoms with Crippen LogP contribution in [0.25, 0.3) is 0 Å². The number of esters is 1. The molecule has 0 aromatic heterocycles. The van der Waals surface area contributed by atoms with E-state index in [1.54, 1.807) is 0 Å². The molecule has 1 aliphatic heterocycles. The highest BCUT2D eigenvalue weighted by molar-refractivity contribution is 5.71. The second-order valence-electron chi connectivity index (χ2n) is 6.34. The third kappa shape index (κ3) is 3.17. The van der Waals surface area contributed by atoms with Gasteiger partial charge in [-0.3, -0.25) is 14.6 Å². The quantitative estimate of drug-likeness (QED) is 0.671. The summed E-state index contributed by atoms with van der Waals surface area (Å²) in [5, 5.41) is 0. The van der Waals surface area contributed by atoms with Crippen molar-refractivity contribution in [3.8, 4) is 0 Å². The Kier molecular flexibility index (Phi) is 5.08. The minimum absolute atomic E-state index is 0.0161. The van der Waals surface area contributed by atoms with Crippen molar-refractivity contribution in [3.63, 3.8) is 0 Å². The molecule has 0 aromatic rings. The number of ether oxygens (including phenoxy) is 1. The average Bonchev–Trinajstić information content (AvgIpc) is 3.17. The van der Waals surface area contributed by atoms with Crippen molar-refractivity contribution in [2.45, 2.75) is 71.0 Å². The zero-order valence-corrected chi connectivity index (χ0v) is 13.5. The molecule has 1 aliphatic carbocycles. The first-order valence-corrected chi connectivity index (χ1v) is 8.22. The minimum atomic E-state index is -0.0377. The summed E-state index contributed by atoms with van der Waals surface area (Å²) in [6.07, 6.45) is 4.29. The number of likely N-dealkylation sites (N-methyl/N-ethyl adjacent to an activating group) is 1. The second-order valence-corrected chi connectivity index (χ2v) is 6.34. The lowest BCUT2D eigenvalue weighted by atomic mass is 9.90. The van der Waals surface area contributed by atoms with Gasteiger partial charge in [0.1, 0.15) is 0 Å². The van der Waals surface area contributed by atoms with Crippen LogP contribution in [0.4, 0.5) is 0 Å². The molecule has 2 atom stereocenters. The molecule has 4 nitrogen and oxygen atoms in total. The molecule has 1 saturated carbocycles. The Balaban J connectivity index is 2.14. The minimum Gasteiger partial charge on any atom is -0.466 e. The van der Waals surface area contributed by atoms with Crippen LogP contribution in [0.5, 0.6) is 0 Å². The topological polar surface area (TPSA) is 32.8 Å². The molecule has 0 bridgehead atoms. The summed E-state index contributed by atoms with van der Waals surface area (Å²) in [5.74, 6) is -0.0377. The molecule has 0 spiro atoms. The van der Waals surface area contributed by atoms with Gasteiger partial charge in [0.2, 0.25) is 0 Å². The van der Waals surface area contributed by atoms with E-state index in [9.17, 15) is 4.79 Å². The summed E-state index contributed by atoms with van der Waals surface area (Å²) in [6.45, 7) is 12.1. The van der Waals surface area contributed by atoms with Crippen molar-refractivity contribution in [2.75, 3.05) is 26.2 Å². The van der Waals surface area contributed by atoms with Crippen LogP contribution in [0.2, 0.25) is 0 Å². The van der Waals surface area contributed by atoms with E-state index in [0.29, 0.717) is 19.1 Å². The maximum Gasteiger partial charge on any atom is 0.307 e. The first kappa shape index (κ1) is 15.8. The Labute approximate surface area is 123 Å². The van der Waals surface area contributed by atoms with Crippen molar-refractivity contribution in [2.24, 2.45) is 0 Å². The Morgan fingerprint density at radius 2 is 1.95 bits per heavy atom. The summed E-state index contributed by atoms with van der Waals surface area (Å²) in [6, 6.07) is 1.35. The number of hydrogen-bond acceptors (Lipinski definition) is 4. The fraction of sp³-hybridized carbons (Fsp3) is 0.938. The molecule has 2 rings (SSSR count). The van der Waals surface area contributed by atoms with Gasteiger partial charge in [0.05, 0.1) is 13.0 Å². The van der Waals surface area contributed by atoms with Crippen LogP contribution in [-0.4, -0.2) is 59.6 Å². The van der Waals surface area contributed by atoms with Gasteiger partial charge < -0.3 is 4.74 Å². The molecule has 2 aliphatic rings. The van der Waals surface area contributed by atoms with Crippen LogP contribution in [0, 0.1) is 0 Å². The Morgan fingerprint density at radius 3 is 2.45 bits per heavy atom. The smallest absolute Gasteiger partial charge is 0.307 e. The van der Waals surface area contributed by atoms with Crippen LogP contribution in [-0.2, 0) is 9.53 Å². The fourth-order valence-electron chi connectivity index (χ4n) is 3.97. The number of carbonyl (C=O) groups is 1. The molecular weight excluding hydrogens is 252 g/mol. The average molecular weight is 282 g/mol. The van der Waals surface area contributed by atoms with Gasteiger partial charge in [0.15, 0.2) is 0 Å². The molecule has 0 radical (unpaired) electrons. The van der Waals surface area contributed by atoms with Crippen molar-refractivity contribution in [1.82, 2.24) is 9.80 Å². The van der Waals surface area contributed by atoms with E-state index in [2.05, 4.69) is 30.6 Å². The number of rotatable bonds is 7. The van der Waals surface area contributed by atoms with Crippen molar-refractivity contribution >= 4 is 5.97 Å². The van der Waals surface area contributed by atoms with Gasteiger partial charge in [-0.05, 0) is 46.2 Å². The van der Waals surface area contributed by atoms with Gasteiger partial charge in [-0.25, -0.2) is 0 Å². The van der Waals surface area contributed by atoms with E-state index in [1.165, 1.54) is 12.8 Å². The van der Waals surface area contributed by atoms with E-state index in [0.717, 1.165) is 32.1 Å². The lowest BCUT2D eigenvalue weighted by Crippen LogP contribution is -2.52. The first-order chi connectivity index (χ1) is 9.56. The third-order valence-corrected chi connectivity index (χ3v) is 4.95. The second kappa shape index (κ2) is 6.44. The monoisotopic (exact) mass is 282 g/mol. The summed E-state index contributed by atoms with van der Waals surface area (Å²) in [5.41, 5.74) is -0.0161. The molecule has 2 fully saturated rings. The first-order valence-electron chi connectivity index (χ1n) is 8.22. The van der Waals surface area contributed by atoms with Crippen molar-refractivity contribution < 1.29 is 9.53 Å². The highest BCUT2D eigenvalue weighted by atomic mass is 16.5. The van der Waals surface area contributed by atoms with E-state index in [4.69, 9.17) is 4.74 Å². The van der Waals surface area contributed by atoms with Crippen LogP contribution in [0.15, 0.2) is 0 Å². The predicted octanol–water partition coefficient (Wildman–Crippen LogP) is 2.28. The fourth-order valence-corrected chi connectivity index (χ4v) is 3.97. The molecular formula is C16H30N2O2. The lowest BCUT2D eigenvalue weighted by Gasteiger charge is -2.39.